The Morgan fingerprint density at radius 1 is 1.14 bits per heavy atom. The van der Waals surface area contributed by atoms with Crippen LogP contribution in [-0.4, -0.2) is 78.7 Å². The molecular formula is C22H25F4N9O. The van der Waals surface area contributed by atoms with E-state index in [1.54, 1.807) is 24.4 Å². The molecule has 2 saturated heterocycles. The number of nitrogens with two attached hydrogens (primary N) is 2. The van der Waals surface area contributed by atoms with Gasteiger partial charge in [0.2, 0.25) is 5.95 Å². The fourth-order valence-electron chi connectivity index (χ4n) is 4.39. The molecule has 2 aliphatic rings. The first-order valence-corrected chi connectivity index (χ1v) is 11.4. The standard InChI is InChI=1S/C14H12F2N8.C8H13F2NO/c15-10(16)5-23-6-19-9-2-1-8(20-13(9)23)7-3-4-24-11(7)12(17)21-14(18)22-24;9-8(10)2-1-3-11(6-8)7-4-12-5-7/h1-4,6,10H,5H2,(H4,17,18,21,22);7H,1-6H2. The number of piperidine rings is 1. The summed E-state index contributed by atoms with van der Waals surface area (Å²) in [6, 6.07) is 5.49. The van der Waals surface area contributed by atoms with Crippen molar-refractivity contribution in [2.75, 3.05) is 37.8 Å². The number of ether oxygens (including phenoxy) is 1. The highest BCUT2D eigenvalue weighted by atomic mass is 19.3. The molecule has 0 atom stereocenters. The van der Waals surface area contributed by atoms with Gasteiger partial charge in [0, 0.05) is 18.2 Å². The molecule has 192 valence electrons. The number of anilines is 2. The van der Waals surface area contributed by atoms with Crippen LogP contribution in [-0.2, 0) is 11.3 Å². The zero-order chi connectivity index (χ0) is 25.4. The Bertz CT molecular complexity index is 1370. The van der Waals surface area contributed by atoms with E-state index in [0.29, 0.717) is 47.6 Å². The van der Waals surface area contributed by atoms with Gasteiger partial charge < -0.3 is 20.8 Å². The van der Waals surface area contributed by atoms with E-state index in [-0.39, 0.29) is 30.8 Å². The number of fused-ring (bicyclic) bond motifs is 2. The molecule has 36 heavy (non-hydrogen) atoms. The monoisotopic (exact) mass is 507 g/mol. The molecule has 0 saturated carbocycles. The summed E-state index contributed by atoms with van der Waals surface area (Å²) in [6.45, 7) is 1.54. The average Bonchev–Trinajstić information content (AvgIpc) is 3.36. The summed E-state index contributed by atoms with van der Waals surface area (Å²) in [6.07, 6.45) is 1.21. The summed E-state index contributed by atoms with van der Waals surface area (Å²) >= 11 is 0. The van der Waals surface area contributed by atoms with Gasteiger partial charge in [0.1, 0.15) is 11.0 Å². The van der Waals surface area contributed by atoms with Gasteiger partial charge in [-0.1, -0.05) is 0 Å². The van der Waals surface area contributed by atoms with Crippen molar-refractivity contribution in [2.45, 2.75) is 37.8 Å². The SMILES string of the molecule is FC1(F)CCCN(C2COC2)C1.Nc1nc(N)c2c(-c3ccc4ncn(CC(F)F)c4n3)ccn2n1. The number of pyridine rings is 1. The van der Waals surface area contributed by atoms with Crippen LogP contribution in [0.25, 0.3) is 27.9 Å². The van der Waals surface area contributed by atoms with E-state index in [9.17, 15) is 17.6 Å². The predicted molar refractivity (Wildman–Crippen MR) is 125 cm³/mol. The summed E-state index contributed by atoms with van der Waals surface area (Å²) in [4.78, 5) is 14.3. The van der Waals surface area contributed by atoms with Crippen LogP contribution in [0.3, 0.4) is 0 Å². The molecule has 4 aromatic heterocycles. The summed E-state index contributed by atoms with van der Waals surface area (Å²) in [5, 5.41) is 4.05. The fourth-order valence-corrected chi connectivity index (χ4v) is 4.39. The number of hydrogen-bond acceptors (Lipinski definition) is 8. The number of nitrogens with zero attached hydrogens (tertiary/aromatic N) is 7. The van der Waals surface area contributed by atoms with Gasteiger partial charge in [-0.25, -0.2) is 32.0 Å². The first-order valence-electron chi connectivity index (χ1n) is 11.4. The van der Waals surface area contributed by atoms with Crippen molar-refractivity contribution in [3.8, 4) is 11.3 Å². The van der Waals surface area contributed by atoms with Crippen LogP contribution in [0.15, 0.2) is 30.7 Å². The molecule has 0 unspecified atom stereocenters. The largest absolute Gasteiger partial charge is 0.382 e. The molecule has 6 heterocycles. The number of imidazole rings is 1. The zero-order valence-electron chi connectivity index (χ0n) is 19.2. The minimum atomic E-state index is -2.49. The van der Waals surface area contributed by atoms with Crippen molar-refractivity contribution >= 4 is 28.4 Å². The molecule has 6 rings (SSSR count). The number of rotatable bonds is 4. The van der Waals surface area contributed by atoms with Crippen molar-refractivity contribution in [1.29, 1.82) is 0 Å². The molecule has 0 spiro atoms. The smallest absolute Gasteiger partial charge is 0.260 e. The average molecular weight is 507 g/mol. The van der Waals surface area contributed by atoms with Gasteiger partial charge in [-0.3, -0.25) is 4.90 Å². The molecule has 4 N–H and O–H groups in total. The lowest BCUT2D eigenvalue weighted by Gasteiger charge is -2.41. The van der Waals surface area contributed by atoms with Gasteiger partial charge >= 0.3 is 0 Å². The van der Waals surface area contributed by atoms with E-state index in [4.69, 9.17) is 16.2 Å². The lowest BCUT2D eigenvalue weighted by atomic mass is 10.0. The Balaban J connectivity index is 0.000000186. The third kappa shape index (κ3) is 4.91. The van der Waals surface area contributed by atoms with Crippen LogP contribution in [0.1, 0.15) is 12.8 Å². The van der Waals surface area contributed by atoms with Crippen LogP contribution in [0.5, 0.6) is 0 Å². The van der Waals surface area contributed by atoms with Gasteiger partial charge in [0.15, 0.2) is 11.5 Å². The Morgan fingerprint density at radius 2 is 1.94 bits per heavy atom. The molecule has 4 aromatic rings. The van der Waals surface area contributed by atoms with Crippen molar-refractivity contribution < 1.29 is 22.3 Å². The molecule has 0 amide bonds. The second-order valence-corrected chi connectivity index (χ2v) is 8.83. The second-order valence-electron chi connectivity index (χ2n) is 8.83. The van der Waals surface area contributed by atoms with E-state index in [1.165, 1.54) is 15.4 Å². The maximum absolute atomic E-state index is 12.9. The van der Waals surface area contributed by atoms with Crippen LogP contribution >= 0.6 is 0 Å². The molecule has 10 nitrogen and oxygen atoms in total. The Kier molecular flexibility index (Phi) is 6.38. The van der Waals surface area contributed by atoms with Crippen LogP contribution in [0, 0.1) is 0 Å². The normalized spacial score (nSPS) is 18.4. The summed E-state index contributed by atoms with van der Waals surface area (Å²) in [5.74, 6) is -2.19. The van der Waals surface area contributed by atoms with E-state index < -0.39 is 18.9 Å². The highest BCUT2D eigenvalue weighted by Crippen LogP contribution is 2.30. The number of aromatic nitrogens is 6. The first-order chi connectivity index (χ1) is 17.2. The lowest BCUT2D eigenvalue weighted by Crippen LogP contribution is -2.55. The molecular weight excluding hydrogens is 482 g/mol. The molecule has 14 heteroatoms. The predicted octanol–water partition coefficient (Wildman–Crippen LogP) is 2.69. The maximum Gasteiger partial charge on any atom is 0.260 e. The van der Waals surface area contributed by atoms with E-state index in [1.807, 2.05) is 4.90 Å². The molecule has 0 aliphatic carbocycles. The zero-order valence-corrected chi connectivity index (χ0v) is 19.2. The number of hydrogen-bond donors (Lipinski definition) is 2. The highest BCUT2D eigenvalue weighted by Gasteiger charge is 2.39. The van der Waals surface area contributed by atoms with Crippen LogP contribution < -0.4 is 11.5 Å². The molecule has 0 aromatic carbocycles. The minimum Gasteiger partial charge on any atom is -0.382 e. The van der Waals surface area contributed by atoms with Crippen molar-refractivity contribution in [3.63, 3.8) is 0 Å². The number of likely N-dealkylation sites (tertiary alicyclic amines) is 1. The third-order valence-corrected chi connectivity index (χ3v) is 6.19. The molecule has 2 fully saturated rings. The van der Waals surface area contributed by atoms with Gasteiger partial charge in [0.05, 0.1) is 44.4 Å². The Morgan fingerprint density at radius 3 is 2.64 bits per heavy atom. The third-order valence-electron chi connectivity index (χ3n) is 6.19. The number of halogens is 4. The van der Waals surface area contributed by atoms with Gasteiger partial charge in [0.25, 0.3) is 12.3 Å². The topological polar surface area (TPSA) is 125 Å². The quantitative estimate of drug-likeness (QED) is 0.404. The van der Waals surface area contributed by atoms with E-state index >= 15 is 0 Å². The van der Waals surface area contributed by atoms with Crippen molar-refractivity contribution in [1.82, 2.24) is 34.0 Å². The molecule has 0 bridgehead atoms. The first kappa shape index (κ1) is 24.2. The maximum atomic E-state index is 12.9. The van der Waals surface area contributed by atoms with E-state index in [2.05, 4.69) is 20.1 Å². The summed E-state index contributed by atoms with van der Waals surface area (Å²) in [5.41, 5.74) is 14.2. The van der Waals surface area contributed by atoms with Gasteiger partial charge in [-0.15, -0.1) is 5.10 Å². The second kappa shape index (κ2) is 9.50. The van der Waals surface area contributed by atoms with Crippen LogP contribution in [0.4, 0.5) is 29.3 Å². The summed E-state index contributed by atoms with van der Waals surface area (Å²) < 4.78 is 58.9. The van der Waals surface area contributed by atoms with Crippen molar-refractivity contribution in [3.05, 3.63) is 30.7 Å². The van der Waals surface area contributed by atoms with Gasteiger partial charge in [-0.2, -0.15) is 4.98 Å². The number of alkyl halides is 4. The van der Waals surface area contributed by atoms with Crippen molar-refractivity contribution in [2.24, 2.45) is 0 Å². The Labute approximate surface area is 202 Å². The summed E-state index contributed by atoms with van der Waals surface area (Å²) in [7, 11) is 0. The van der Waals surface area contributed by atoms with E-state index in [0.717, 1.165) is 6.54 Å². The molecule has 2 aliphatic heterocycles. The van der Waals surface area contributed by atoms with Gasteiger partial charge in [-0.05, 0) is 31.2 Å². The Hall–Kier alpha value is -3.52. The lowest BCUT2D eigenvalue weighted by molar-refractivity contribution is -0.126. The minimum absolute atomic E-state index is 0.0527. The fraction of sp³-hybridized carbons (Fsp3) is 0.455. The number of nitrogen functional groups attached to an aromatic ring is 2. The molecule has 0 radical (unpaired) electrons. The van der Waals surface area contributed by atoms with Crippen LogP contribution in [0.2, 0.25) is 0 Å². The highest BCUT2D eigenvalue weighted by molar-refractivity contribution is 5.88.